The topological polar surface area (TPSA) is 37.3 Å². The molecule has 1 aliphatic carbocycles. The van der Waals surface area contributed by atoms with Crippen LogP contribution >= 0.6 is 0 Å². The molecule has 2 atom stereocenters. The van der Waals surface area contributed by atoms with Crippen molar-refractivity contribution < 1.29 is 9.90 Å². The van der Waals surface area contributed by atoms with Crippen molar-refractivity contribution in [1.29, 1.82) is 0 Å². The van der Waals surface area contributed by atoms with E-state index < -0.39 is 5.97 Å². The van der Waals surface area contributed by atoms with Crippen molar-refractivity contribution >= 4 is 5.97 Å². The van der Waals surface area contributed by atoms with Crippen LogP contribution in [0.15, 0.2) is 0 Å². The zero-order valence-corrected chi connectivity index (χ0v) is 9.17. The molecular formula is C12H22O2. The molecule has 1 aliphatic rings. The number of carboxylic acids is 1. The molecule has 0 saturated heterocycles. The third kappa shape index (κ3) is 3.32. The highest BCUT2D eigenvalue weighted by Gasteiger charge is 2.31. The van der Waals surface area contributed by atoms with E-state index in [0.717, 1.165) is 25.7 Å². The number of hydrogen-bond acceptors (Lipinski definition) is 1. The highest BCUT2D eigenvalue weighted by atomic mass is 16.4. The zero-order chi connectivity index (χ0) is 10.4. The third-order valence-corrected chi connectivity index (χ3v) is 3.40. The highest BCUT2D eigenvalue weighted by molar-refractivity contribution is 5.70. The van der Waals surface area contributed by atoms with E-state index in [1.165, 1.54) is 25.7 Å². The first-order valence-corrected chi connectivity index (χ1v) is 5.98. The molecule has 2 heteroatoms. The van der Waals surface area contributed by atoms with Crippen molar-refractivity contribution in [2.75, 3.05) is 0 Å². The minimum absolute atomic E-state index is 0.0309. The largest absolute Gasteiger partial charge is 0.481 e. The van der Waals surface area contributed by atoms with E-state index in [1.54, 1.807) is 0 Å². The predicted octanol–water partition coefficient (Wildman–Crippen LogP) is 3.46. The van der Waals surface area contributed by atoms with Crippen LogP contribution in [-0.2, 0) is 4.79 Å². The fraction of sp³-hybridized carbons (Fsp3) is 0.917. The van der Waals surface area contributed by atoms with Crippen LogP contribution in [-0.4, -0.2) is 11.1 Å². The second-order valence-corrected chi connectivity index (χ2v) is 4.49. The van der Waals surface area contributed by atoms with E-state index in [2.05, 4.69) is 6.92 Å². The Kier molecular flexibility index (Phi) is 4.99. The van der Waals surface area contributed by atoms with Gasteiger partial charge in [-0.1, -0.05) is 39.0 Å². The zero-order valence-electron chi connectivity index (χ0n) is 9.17. The molecule has 14 heavy (non-hydrogen) atoms. The highest BCUT2D eigenvalue weighted by Crippen LogP contribution is 2.35. The number of carbonyl (C=O) groups is 1. The summed E-state index contributed by atoms with van der Waals surface area (Å²) in [6.07, 6.45) is 9.36. The molecular weight excluding hydrogens is 176 g/mol. The van der Waals surface area contributed by atoms with Crippen LogP contribution in [0.2, 0.25) is 0 Å². The Labute approximate surface area is 86.7 Å². The van der Waals surface area contributed by atoms with E-state index in [0.29, 0.717) is 5.92 Å². The average molecular weight is 198 g/mol. The molecule has 0 aliphatic heterocycles. The Balaban J connectivity index is 2.19. The van der Waals surface area contributed by atoms with E-state index in [-0.39, 0.29) is 5.92 Å². The molecule has 82 valence electrons. The quantitative estimate of drug-likeness (QED) is 0.664. The second-order valence-electron chi connectivity index (χ2n) is 4.49. The van der Waals surface area contributed by atoms with Gasteiger partial charge in [0, 0.05) is 0 Å². The van der Waals surface area contributed by atoms with Crippen molar-refractivity contribution in [2.45, 2.75) is 58.3 Å². The molecule has 0 aromatic carbocycles. The molecule has 1 fully saturated rings. The van der Waals surface area contributed by atoms with Gasteiger partial charge >= 0.3 is 5.97 Å². The standard InChI is InChI=1S/C12H22O2/c1-2-3-4-5-7-10-8-6-9-11(10)12(13)14/h10-11H,2-9H2,1H3,(H,13,14). The van der Waals surface area contributed by atoms with Crippen molar-refractivity contribution in [2.24, 2.45) is 11.8 Å². The summed E-state index contributed by atoms with van der Waals surface area (Å²) in [7, 11) is 0. The van der Waals surface area contributed by atoms with E-state index in [1.807, 2.05) is 0 Å². The Bertz CT molecular complexity index is 177. The molecule has 1 rings (SSSR count). The first kappa shape index (κ1) is 11.5. The molecule has 0 bridgehead atoms. The first-order valence-electron chi connectivity index (χ1n) is 5.98. The molecule has 0 aromatic rings. The molecule has 2 nitrogen and oxygen atoms in total. The van der Waals surface area contributed by atoms with Crippen molar-refractivity contribution in [3.05, 3.63) is 0 Å². The SMILES string of the molecule is CCCCCCC1CCCC1C(=O)O. The number of rotatable bonds is 6. The Morgan fingerprint density at radius 1 is 1.29 bits per heavy atom. The van der Waals surface area contributed by atoms with Gasteiger partial charge in [0.1, 0.15) is 0 Å². The van der Waals surface area contributed by atoms with Gasteiger partial charge in [-0.05, 0) is 25.2 Å². The van der Waals surface area contributed by atoms with Gasteiger partial charge in [0.15, 0.2) is 0 Å². The van der Waals surface area contributed by atoms with Gasteiger partial charge in [-0.3, -0.25) is 4.79 Å². The number of aliphatic carboxylic acids is 1. The maximum atomic E-state index is 10.9. The van der Waals surface area contributed by atoms with Crippen molar-refractivity contribution in [3.8, 4) is 0 Å². The van der Waals surface area contributed by atoms with Crippen LogP contribution in [0.3, 0.4) is 0 Å². The lowest BCUT2D eigenvalue weighted by Crippen LogP contribution is -2.18. The summed E-state index contributed by atoms with van der Waals surface area (Å²) in [6, 6.07) is 0. The first-order chi connectivity index (χ1) is 6.75. The fourth-order valence-electron chi connectivity index (χ4n) is 2.54. The van der Waals surface area contributed by atoms with Gasteiger partial charge in [0.05, 0.1) is 5.92 Å². The summed E-state index contributed by atoms with van der Waals surface area (Å²) >= 11 is 0. The predicted molar refractivity (Wildman–Crippen MR) is 57.2 cm³/mol. The smallest absolute Gasteiger partial charge is 0.306 e. The Morgan fingerprint density at radius 3 is 2.71 bits per heavy atom. The molecule has 0 spiro atoms. The lowest BCUT2D eigenvalue weighted by molar-refractivity contribution is -0.143. The lowest BCUT2D eigenvalue weighted by Gasteiger charge is -2.14. The van der Waals surface area contributed by atoms with Crippen LogP contribution in [0.5, 0.6) is 0 Å². The van der Waals surface area contributed by atoms with E-state index >= 15 is 0 Å². The molecule has 0 aromatic heterocycles. The maximum absolute atomic E-state index is 10.9. The van der Waals surface area contributed by atoms with Crippen LogP contribution in [0.4, 0.5) is 0 Å². The summed E-state index contributed by atoms with van der Waals surface area (Å²) in [4.78, 5) is 10.9. The summed E-state index contributed by atoms with van der Waals surface area (Å²) in [5.74, 6) is -0.121. The Morgan fingerprint density at radius 2 is 2.07 bits per heavy atom. The van der Waals surface area contributed by atoms with E-state index in [9.17, 15) is 4.79 Å². The maximum Gasteiger partial charge on any atom is 0.306 e. The van der Waals surface area contributed by atoms with E-state index in [4.69, 9.17) is 5.11 Å². The molecule has 1 N–H and O–H groups in total. The fourth-order valence-corrected chi connectivity index (χ4v) is 2.54. The summed E-state index contributed by atoms with van der Waals surface area (Å²) in [5, 5.41) is 8.99. The van der Waals surface area contributed by atoms with Gasteiger partial charge in [-0.15, -0.1) is 0 Å². The summed E-state index contributed by atoms with van der Waals surface area (Å²) < 4.78 is 0. The van der Waals surface area contributed by atoms with Crippen molar-refractivity contribution in [1.82, 2.24) is 0 Å². The summed E-state index contributed by atoms with van der Waals surface area (Å²) in [6.45, 7) is 2.20. The van der Waals surface area contributed by atoms with Crippen molar-refractivity contribution in [3.63, 3.8) is 0 Å². The molecule has 1 saturated carbocycles. The second kappa shape index (κ2) is 6.05. The van der Waals surface area contributed by atoms with Crippen LogP contribution in [0, 0.1) is 11.8 Å². The number of carboxylic acid groups (broad SMARTS) is 1. The lowest BCUT2D eigenvalue weighted by atomic mass is 9.91. The van der Waals surface area contributed by atoms with Gasteiger partial charge in [0.25, 0.3) is 0 Å². The minimum atomic E-state index is -0.567. The van der Waals surface area contributed by atoms with Gasteiger partial charge in [0.2, 0.25) is 0 Å². The van der Waals surface area contributed by atoms with Crippen LogP contribution in [0.1, 0.15) is 58.3 Å². The molecule has 0 amide bonds. The van der Waals surface area contributed by atoms with Gasteiger partial charge in [-0.25, -0.2) is 0 Å². The molecule has 2 unspecified atom stereocenters. The molecule has 0 heterocycles. The summed E-state index contributed by atoms with van der Waals surface area (Å²) in [5.41, 5.74) is 0. The van der Waals surface area contributed by atoms with Crippen LogP contribution < -0.4 is 0 Å². The van der Waals surface area contributed by atoms with Gasteiger partial charge < -0.3 is 5.11 Å². The monoisotopic (exact) mass is 198 g/mol. The number of hydrogen-bond donors (Lipinski definition) is 1. The normalized spacial score (nSPS) is 26.6. The van der Waals surface area contributed by atoms with Gasteiger partial charge in [-0.2, -0.15) is 0 Å². The average Bonchev–Trinajstić information content (AvgIpc) is 2.60. The van der Waals surface area contributed by atoms with Crippen LogP contribution in [0.25, 0.3) is 0 Å². The molecule has 0 radical (unpaired) electrons. The third-order valence-electron chi connectivity index (χ3n) is 3.40. The number of unbranched alkanes of at least 4 members (excludes halogenated alkanes) is 3. The minimum Gasteiger partial charge on any atom is -0.481 e. The Hall–Kier alpha value is -0.530.